The van der Waals surface area contributed by atoms with Crippen LogP contribution in [0.15, 0.2) is 23.1 Å². The van der Waals surface area contributed by atoms with Crippen LogP contribution >= 0.6 is 22.9 Å². The number of rotatable bonds is 3. The predicted octanol–water partition coefficient (Wildman–Crippen LogP) is 2.80. The van der Waals surface area contributed by atoms with Crippen LogP contribution in [-0.2, 0) is 10.0 Å². The molecule has 0 bridgehead atoms. The summed E-state index contributed by atoms with van der Waals surface area (Å²) >= 11 is 7.11. The van der Waals surface area contributed by atoms with Crippen LogP contribution in [0.3, 0.4) is 0 Å². The van der Waals surface area contributed by atoms with E-state index in [1.165, 1.54) is 29.5 Å². The number of anilines is 2. The van der Waals surface area contributed by atoms with Crippen LogP contribution in [0.4, 0.5) is 10.8 Å². The fourth-order valence-electron chi connectivity index (χ4n) is 1.37. The summed E-state index contributed by atoms with van der Waals surface area (Å²) in [5, 5.41) is 0.539. The molecule has 0 fully saturated rings. The summed E-state index contributed by atoms with van der Waals surface area (Å²) in [5.74, 6) is 0. The summed E-state index contributed by atoms with van der Waals surface area (Å²) < 4.78 is 26.7. The van der Waals surface area contributed by atoms with E-state index in [2.05, 4.69) is 9.71 Å². The molecule has 102 valence electrons. The van der Waals surface area contributed by atoms with Crippen molar-refractivity contribution >= 4 is 43.8 Å². The largest absolute Gasteiger partial charge is 0.398 e. The number of thiazole rings is 1. The van der Waals surface area contributed by atoms with Gasteiger partial charge in [-0.2, -0.15) is 0 Å². The highest BCUT2D eigenvalue weighted by molar-refractivity contribution is 7.93. The normalized spacial score (nSPS) is 11.5. The van der Waals surface area contributed by atoms with Gasteiger partial charge in [0.15, 0.2) is 5.13 Å². The molecule has 8 heteroatoms. The highest BCUT2D eigenvalue weighted by Crippen LogP contribution is 2.26. The van der Waals surface area contributed by atoms with Crippen molar-refractivity contribution in [1.29, 1.82) is 0 Å². The second kappa shape index (κ2) is 4.99. The lowest BCUT2D eigenvalue weighted by molar-refractivity contribution is 0.601. The van der Waals surface area contributed by atoms with E-state index in [0.29, 0.717) is 10.8 Å². The number of aromatic nitrogens is 1. The smallest absolute Gasteiger partial charge is 0.263 e. The average molecular weight is 318 g/mol. The number of benzene rings is 1. The van der Waals surface area contributed by atoms with Gasteiger partial charge < -0.3 is 5.73 Å². The molecule has 0 aliphatic rings. The molecule has 0 spiro atoms. The highest BCUT2D eigenvalue weighted by Gasteiger charge is 2.17. The Balaban J connectivity index is 2.34. The van der Waals surface area contributed by atoms with Crippen molar-refractivity contribution in [3.8, 4) is 0 Å². The van der Waals surface area contributed by atoms with Gasteiger partial charge in [-0.25, -0.2) is 13.4 Å². The maximum atomic E-state index is 12.1. The topological polar surface area (TPSA) is 85.1 Å². The van der Waals surface area contributed by atoms with Gasteiger partial charge >= 0.3 is 0 Å². The number of nitrogens with two attached hydrogens (primary N) is 1. The van der Waals surface area contributed by atoms with Gasteiger partial charge in [0.25, 0.3) is 10.0 Å². The summed E-state index contributed by atoms with van der Waals surface area (Å²) in [6.07, 6.45) is 0. The minimum atomic E-state index is -3.70. The molecule has 0 amide bonds. The van der Waals surface area contributed by atoms with Gasteiger partial charge in [0.05, 0.1) is 21.3 Å². The lowest BCUT2D eigenvalue weighted by Gasteiger charge is -2.06. The van der Waals surface area contributed by atoms with Crippen LogP contribution in [0.1, 0.15) is 10.6 Å². The van der Waals surface area contributed by atoms with E-state index in [-0.39, 0.29) is 9.92 Å². The first-order valence-electron chi connectivity index (χ1n) is 5.31. The second-order valence-corrected chi connectivity index (χ2v) is 7.24. The molecule has 0 saturated carbocycles. The lowest BCUT2D eigenvalue weighted by Crippen LogP contribution is -2.12. The predicted molar refractivity (Wildman–Crippen MR) is 78.3 cm³/mol. The Morgan fingerprint density at radius 2 is 2.05 bits per heavy atom. The van der Waals surface area contributed by atoms with Gasteiger partial charge in [-0.1, -0.05) is 11.6 Å². The molecule has 0 aliphatic heterocycles. The zero-order valence-electron chi connectivity index (χ0n) is 10.3. The molecule has 1 aromatic carbocycles. The fraction of sp³-hybridized carbons (Fsp3) is 0.182. The van der Waals surface area contributed by atoms with E-state index in [9.17, 15) is 8.42 Å². The summed E-state index contributed by atoms with van der Waals surface area (Å²) in [6, 6.07) is 4.17. The number of sulfonamides is 1. The van der Waals surface area contributed by atoms with Gasteiger partial charge in [-0.15, -0.1) is 11.3 Å². The summed E-state index contributed by atoms with van der Waals surface area (Å²) in [4.78, 5) is 5.15. The number of nitrogen functional groups attached to an aromatic ring is 1. The Morgan fingerprint density at radius 1 is 1.37 bits per heavy atom. The van der Waals surface area contributed by atoms with Gasteiger partial charge in [0, 0.05) is 4.88 Å². The minimum absolute atomic E-state index is 0.0530. The molecule has 0 atom stereocenters. The Bertz CT molecular complexity index is 706. The SMILES string of the molecule is Cc1nc(NS(=O)(=O)c2ccc(N)c(Cl)c2)sc1C. The lowest BCUT2D eigenvalue weighted by atomic mass is 10.3. The Hall–Kier alpha value is -1.31. The molecule has 2 aromatic rings. The van der Waals surface area contributed by atoms with Crippen molar-refractivity contribution in [3.63, 3.8) is 0 Å². The summed E-state index contributed by atoms with van der Waals surface area (Å²) in [7, 11) is -3.70. The Morgan fingerprint density at radius 3 is 2.58 bits per heavy atom. The number of nitrogens with one attached hydrogen (secondary N) is 1. The third-order valence-corrected chi connectivity index (χ3v) is 5.31. The van der Waals surface area contributed by atoms with Crippen molar-refractivity contribution in [2.75, 3.05) is 10.5 Å². The molecule has 0 aliphatic carbocycles. The van der Waals surface area contributed by atoms with E-state index >= 15 is 0 Å². The molecule has 5 nitrogen and oxygen atoms in total. The van der Waals surface area contributed by atoms with E-state index in [1.54, 1.807) is 0 Å². The molecule has 19 heavy (non-hydrogen) atoms. The van der Waals surface area contributed by atoms with Crippen molar-refractivity contribution in [2.45, 2.75) is 18.7 Å². The molecule has 2 rings (SSSR count). The fourth-order valence-corrected chi connectivity index (χ4v) is 3.69. The van der Waals surface area contributed by atoms with Gasteiger partial charge in [0.1, 0.15) is 0 Å². The third kappa shape index (κ3) is 2.99. The molecule has 1 aromatic heterocycles. The van der Waals surface area contributed by atoms with Gasteiger partial charge in [-0.05, 0) is 32.0 Å². The van der Waals surface area contributed by atoms with Crippen LogP contribution in [0.5, 0.6) is 0 Å². The van der Waals surface area contributed by atoms with Crippen LogP contribution in [0.25, 0.3) is 0 Å². The van der Waals surface area contributed by atoms with E-state index < -0.39 is 10.0 Å². The first-order chi connectivity index (χ1) is 8.79. The molecular formula is C11H12ClN3O2S2. The number of halogens is 1. The number of hydrogen-bond donors (Lipinski definition) is 2. The quantitative estimate of drug-likeness (QED) is 0.852. The van der Waals surface area contributed by atoms with Crippen LogP contribution < -0.4 is 10.5 Å². The van der Waals surface area contributed by atoms with Crippen molar-refractivity contribution in [3.05, 3.63) is 33.8 Å². The third-order valence-electron chi connectivity index (χ3n) is 2.53. The van der Waals surface area contributed by atoms with Crippen LogP contribution in [-0.4, -0.2) is 13.4 Å². The Kier molecular flexibility index (Phi) is 3.71. The van der Waals surface area contributed by atoms with E-state index in [0.717, 1.165) is 10.6 Å². The molecule has 0 unspecified atom stereocenters. The van der Waals surface area contributed by atoms with Crippen LogP contribution in [0, 0.1) is 13.8 Å². The molecule has 3 N–H and O–H groups in total. The zero-order valence-corrected chi connectivity index (χ0v) is 12.7. The van der Waals surface area contributed by atoms with Gasteiger partial charge in [0.2, 0.25) is 0 Å². The highest BCUT2D eigenvalue weighted by atomic mass is 35.5. The number of hydrogen-bond acceptors (Lipinski definition) is 5. The summed E-state index contributed by atoms with van der Waals surface area (Å²) in [5.41, 5.74) is 6.69. The van der Waals surface area contributed by atoms with E-state index in [4.69, 9.17) is 17.3 Å². The standard InChI is InChI=1S/C11H12ClN3O2S2/c1-6-7(2)18-11(14-6)15-19(16,17)8-3-4-10(13)9(12)5-8/h3-5H,13H2,1-2H3,(H,14,15). The maximum Gasteiger partial charge on any atom is 0.263 e. The zero-order chi connectivity index (χ0) is 14.2. The first-order valence-corrected chi connectivity index (χ1v) is 7.99. The number of nitrogens with zero attached hydrogens (tertiary/aromatic N) is 1. The van der Waals surface area contributed by atoms with Crippen molar-refractivity contribution in [1.82, 2.24) is 4.98 Å². The number of aryl methyl sites for hydroxylation is 2. The minimum Gasteiger partial charge on any atom is -0.398 e. The monoisotopic (exact) mass is 317 g/mol. The van der Waals surface area contributed by atoms with Crippen molar-refractivity contribution in [2.24, 2.45) is 0 Å². The molecule has 0 saturated heterocycles. The maximum absolute atomic E-state index is 12.1. The molecule has 0 radical (unpaired) electrons. The van der Waals surface area contributed by atoms with E-state index in [1.807, 2.05) is 13.8 Å². The Labute approximate surface area is 120 Å². The average Bonchev–Trinajstić information content (AvgIpc) is 2.60. The molecule has 1 heterocycles. The van der Waals surface area contributed by atoms with Crippen molar-refractivity contribution < 1.29 is 8.42 Å². The first kappa shape index (κ1) is 14.1. The second-order valence-electron chi connectivity index (χ2n) is 3.95. The molecular weight excluding hydrogens is 306 g/mol. The van der Waals surface area contributed by atoms with Gasteiger partial charge in [-0.3, -0.25) is 4.72 Å². The summed E-state index contributed by atoms with van der Waals surface area (Å²) in [6.45, 7) is 3.70. The van der Waals surface area contributed by atoms with Crippen LogP contribution in [0.2, 0.25) is 5.02 Å².